The Balaban J connectivity index is 2.86. The number of esters is 2. The summed E-state index contributed by atoms with van der Waals surface area (Å²) in [4.78, 5) is 32.6. The van der Waals surface area contributed by atoms with E-state index in [1.54, 1.807) is 0 Å². The van der Waals surface area contributed by atoms with Crippen molar-refractivity contribution in [2.45, 2.75) is 59.4 Å². The van der Waals surface area contributed by atoms with Gasteiger partial charge < -0.3 is 19.6 Å². The molecule has 1 fully saturated rings. The average Bonchev–Trinajstić information content (AvgIpc) is 2.23. The number of hydrogen-bond donors (Lipinski definition) is 1. The zero-order chi connectivity index (χ0) is 16.2. The van der Waals surface area contributed by atoms with Crippen LogP contribution in [0.1, 0.15) is 41.5 Å². The number of ether oxygens (including phenoxy) is 2. The van der Waals surface area contributed by atoms with E-state index in [1.807, 2.05) is 27.7 Å². The number of nitrogens with zero attached hydrogens (tertiary/aromatic N) is 2. The van der Waals surface area contributed by atoms with Gasteiger partial charge in [0.25, 0.3) is 11.5 Å². The molecule has 0 saturated carbocycles. The summed E-state index contributed by atoms with van der Waals surface area (Å²) < 4.78 is 9.80. The smallest absolute Gasteiger partial charge is 0.371 e. The van der Waals surface area contributed by atoms with Crippen molar-refractivity contribution in [2.24, 2.45) is 10.1 Å². The Kier molecular flexibility index (Phi) is 5.28. The minimum Gasteiger partial charge on any atom is -0.418 e. The van der Waals surface area contributed by atoms with E-state index in [0.717, 1.165) is 0 Å². The molecule has 0 bridgehead atoms. The highest BCUT2D eigenvalue weighted by atomic mass is 16.7. The molecule has 0 aromatic rings. The van der Waals surface area contributed by atoms with Crippen molar-refractivity contribution < 1.29 is 23.9 Å². The molecule has 1 aliphatic rings. The number of aliphatic imine (C=N–C) groups is 1. The lowest BCUT2D eigenvalue weighted by molar-refractivity contribution is -0.215. The fourth-order valence-electron chi connectivity index (χ4n) is 1.38. The molecule has 1 aliphatic heterocycles. The van der Waals surface area contributed by atoms with E-state index in [0.29, 0.717) is 0 Å². The number of carbonyl (C=O) groups excluding carboxylic acids is 2. The van der Waals surface area contributed by atoms with Crippen molar-refractivity contribution in [2.75, 3.05) is 0 Å². The first-order valence-corrected chi connectivity index (χ1v) is 6.66. The van der Waals surface area contributed by atoms with Crippen LogP contribution in [0.2, 0.25) is 0 Å². The summed E-state index contributed by atoms with van der Waals surface area (Å²) in [6, 6.07) is 0.112. The molecule has 0 spiro atoms. The van der Waals surface area contributed by atoms with Gasteiger partial charge in [-0.2, -0.15) is 0 Å². The summed E-state index contributed by atoms with van der Waals surface area (Å²) in [5.41, 5.74) is -0.559. The molecular weight excluding hydrogens is 278 g/mol. The molecule has 1 heterocycles. The van der Waals surface area contributed by atoms with Crippen LogP contribution in [0.4, 0.5) is 0 Å². The lowest BCUT2D eigenvalue weighted by Crippen LogP contribution is -2.47. The number of oxime groups is 1. The van der Waals surface area contributed by atoms with Crippen LogP contribution in [0.3, 0.4) is 0 Å². The van der Waals surface area contributed by atoms with Gasteiger partial charge in [0.2, 0.25) is 0 Å². The number of cyclic esters (lactones) is 2. The van der Waals surface area contributed by atoms with Crippen molar-refractivity contribution in [1.29, 1.82) is 0 Å². The number of amidine groups is 1. The van der Waals surface area contributed by atoms with E-state index in [1.165, 1.54) is 13.8 Å². The van der Waals surface area contributed by atoms with Crippen LogP contribution in [0.5, 0.6) is 0 Å². The minimum absolute atomic E-state index is 0.0457. The van der Waals surface area contributed by atoms with Gasteiger partial charge in [0.1, 0.15) is 0 Å². The van der Waals surface area contributed by atoms with Crippen molar-refractivity contribution >= 4 is 23.7 Å². The fraction of sp³-hybridized carbons (Fsp3) is 0.692. The molecule has 0 radical (unpaired) electrons. The van der Waals surface area contributed by atoms with E-state index >= 15 is 0 Å². The molecule has 8 heteroatoms. The highest BCUT2D eigenvalue weighted by molar-refractivity contribution is 6.63. The number of nitrogens with one attached hydrogen (secondary N) is 1. The molecule has 1 rings (SSSR count). The Bertz CT molecular complexity index is 458. The molecule has 0 aromatic heterocycles. The molecule has 1 N–H and O–H groups in total. The van der Waals surface area contributed by atoms with Gasteiger partial charge >= 0.3 is 18.0 Å². The summed E-state index contributed by atoms with van der Waals surface area (Å²) >= 11 is 0. The highest BCUT2D eigenvalue weighted by Crippen LogP contribution is 2.17. The zero-order valence-corrected chi connectivity index (χ0v) is 13.1. The van der Waals surface area contributed by atoms with Gasteiger partial charge in [0.05, 0.1) is 0 Å². The van der Waals surface area contributed by atoms with Gasteiger partial charge in [0.15, 0.2) is 0 Å². The maximum absolute atomic E-state index is 11.7. The largest absolute Gasteiger partial charge is 0.418 e. The Hall–Kier alpha value is -2.12. The molecule has 0 unspecified atom stereocenters. The first kappa shape index (κ1) is 16.9. The monoisotopic (exact) mass is 299 g/mol. The van der Waals surface area contributed by atoms with Crippen molar-refractivity contribution in [3.63, 3.8) is 0 Å². The van der Waals surface area contributed by atoms with E-state index in [4.69, 9.17) is 14.3 Å². The quantitative estimate of drug-likeness (QED) is 0.361. The molecule has 0 amide bonds. The van der Waals surface area contributed by atoms with E-state index in [2.05, 4.69) is 15.5 Å². The summed E-state index contributed by atoms with van der Waals surface area (Å²) in [6.45, 7) is 10.4. The minimum atomic E-state index is -1.31. The Morgan fingerprint density at radius 1 is 1.14 bits per heavy atom. The maximum atomic E-state index is 11.7. The first-order chi connectivity index (χ1) is 9.60. The second kappa shape index (κ2) is 6.55. The highest BCUT2D eigenvalue weighted by Gasteiger charge is 2.41. The van der Waals surface area contributed by atoms with E-state index in [-0.39, 0.29) is 18.1 Å². The average molecular weight is 299 g/mol. The summed E-state index contributed by atoms with van der Waals surface area (Å²) in [5.74, 6) is -3.10. The van der Waals surface area contributed by atoms with Crippen LogP contribution in [0.25, 0.3) is 0 Å². The van der Waals surface area contributed by atoms with Gasteiger partial charge in [-0.25, -0.2) is 14.6 Å². The molecule has 118 valence electrons. The third-order valence-electron chi connectivity index (χ3n) is 2.07. The normalized spacial score (nSPS) is 18.5. The SMILES string of the molecule is CC(C)N=C(NC(C)C)ON=C1C(=O)OC(C)(C)OC1=O. The third kappa shape index (κ3) is 5.41. The summed E-state index contributed by atoms with van der Waals surface area (Å²) in [7, 11) is 0. The van der Waals surface area contributed by atoms with Crippen molar-refractivity contribution in [1.82, 2.24) is 5.32 Å². The van der Waals surface area contributed by atoms with Crippen LogP contribution in [-0.2, 0) is 23.9 Å². The molecule has 0 aliphatic carbocycles. The molecular formula is C13H21N3O5. The predicted octanol–water partition coefficient (Wildman–Crippen LogP) is 0.957. The predicted molar refractivity (Wildman–Crippen MR) is 75.6 cm³/mol. The lowest BCUT2D eigenvalue weighted by atomic mass is 10.3. The Morgan fingerprint density at radius 3 is 2.10 bits per heavy atom. The van der Waals surface area contributed by atoms with Crippen LogP contribution in [0.15, 0.2) is 10.1 Å². The van der Waals surface area contributed by atoms with Crippen molar-refractivity contribution in [3.05, 3.63) is 0 Å². The standard InChI is InChI=1S/C13H21N3O5/c1-7(2)14-12(15-8(3)4)21-16-9-10(17)19-13(5,6)20-11(9)18/h7-8H,1-6H3,(H,14,15). The molecule has 8 nitrogen and oxygen atoms in total. The second-order valence-corrected chi connectivity index (χ2v) is 5.54. The van der Waals surface area contributed by atoms with Crippen LogP contribution in [0, 0.1) is 0 Å². The van der Waals surface area contributed by atoms with E-state index in [9.17, 15) is 9.59 Å². The number of hydrogen-bond acceptors (Lipinski definition) is 7. The van der Waals surface area contributed by atoms with Crippen LogP contribution in [-0.4, -0.2) is 41.5 Å². The van der Waals surface area contributed by atoms with Gasteiger partial charge in [-0.05, 0) is 27.7 Å². The summed E-state index contributed by atoms with van der Waals surface area (Å²) in [6.07, 6.45) is 0. The van der Waals surface area contributed by atoms with Gasteiger partial charge in [-0.1, -0.05) is 5.16 Å². The number of carbonyl (C=O) groups is 2. The van der Waals surface area contributed by atoms with E-state index < -0.39 is 23.4 Å². The summed E-state index contributed by atoms with van der Waals surface area (Å²) in [5, 5.41) is 6.40. The molecule has 21 heavy (non-hydrogen) atoms. The maximum Gasteiger partial charge on any atom is 0.371 e. The second-order valence-electron chi connectivity index (χ2n) is 5.54. The fourth-order valence-corrected chi connectivity index (χ4v) is 1.38. The first-order valence-electron chi connectivity index (χ1n) is 6.66. The molecule has 0 atom stereocenters. The van der Waals surface area contributed by atoms with Gasteiger partial charge in [-0.15, -0.1) is 0 Å². The number of rotatable bonds is 3. The van der Waals surface area contributed by atoms with Gasteiger partial charge in [0, 0.05) is 25.9 Å². The molecule has 1 saturated heterocycles. The lowest BCUT2D eigenvalue weighted by Gasteiger charge is -2.28. The van der Waals surface area contributed by atoms with Crippen molar-refractivity contribution in [3.8, 4) is 0 Å². The van der Waals surface area contributed by atoms with Crippen LogP contribution < -0.4 is 5.32 Å². The van der Waals surface area contributed by atoms with Crippen LogP contribution >= 0.6 is 0 Å². The Labute approximate surface area is 123 Å². The van der Waals surface area contributed by atoms with Gasteiger partial charge in [-0.3, -0.25) is 0 Å². The zero-order valence-electron chi connectivity index (χ0n) is 13.1. The Morgan fingerprint density at radius 2 is 1.67 bits per heavy atom. The molecule has 0 aromatic carbocycles. The third-order valence-corrected chi connectivity index (χ3v) is 2.07. The topological polar surface area (TPSA) is 98.6 Å².